The molecule has 3 aliphatic heterocycles. The van der Waals surface area contributed by atoms with Gasteiger partial charge in [0.25, 0.3) is 0 Å². The van der Waals surface area contributed by atoms with Gasteiger partial charge in [-0.2, -0.15) is 9.97 Å². The molecule has 0 radical (unpaired) electrons. The number of pyridine rings is 1. The van der Waals surface area contributed by atoms with Gasteiger partial charge in [-0.05, 0) is 75.1 Å². The second kappa shape index (κ2) is 13.6. The van der Waals surface area contributed by atoms with Crippen LogP contribution in [0.25, 0.3) is 32.9 Å². The lowest BCUT2D eigenvalue weighted by Gasteiger charge is -2.46. The number of β-amino-alcohol motifs (C(OH)–C–C–N with tert-alkyl or cyclic N) is 1. The summed E-state index contributed by atoms with van der Waals surface area (Å²) in [7, 11) is 1.41. The molecule has 4 atom stereocenters. The third-order valence-electron chi connectivity index (χ3n) is 11.2. The van der Waals surface area contributed by atoms with Crippen LogP contribution >= 0.6 is 0 Å². The lowest BCUT2D eigenvalue weighted by molar-refractivity contribution is -0.0123. The van der Waals surface area contributed by atoms with Gasteiger partial charge in [-0.3, -0.25) is 4.90 Å². The van der Waals surface area contributed by atoms with E-state index in [2.05, 4.69) is 14.9 Å². The van der Waals surface area contributed by atoms with Crippen molar-refractivity contribution in [3.63, 3.8) is 0 Å². The molecule has 13 heteroatoms. The van der Waals surface area contributed by atoms with Gasteiger partial charge in [0.2, 0.25) is 5.88 Å². The number of aromatic nitrogens is 3. The normalized spacial score (nSPS) is 27.2. The Kier molecular flexibility index (Phi) is 9.10. The maximum absolute atomic E-state index is 17.1. The van der Waals surface area contributed by atoms with E-state index in [1.807, 2.05) is 4.90 Å². The van der Waals surface area contributed by atoms with Gasteiger partial charge < -0.3 is 34.1 Å². The third-order valence-corrected chi connectivity index (χ3v) is 11.2. The van der Waals surface area contributed by atoms with Crippen LogP contribution in [-0.4, -0.2) is 108 Å². The molecule has 0 amide bonds. The molecule has 4 aromatic rings. The molecule has 0 spiro atoms. The number of piperidine rings is 1. The van der Waals surface area contributed by atoms with Crippen LogP contribution in [0.15, 0.2) is 30.3 Å². The zero-order chi connectivity index (χ0) is 35.3. The highest BCUT2D eigenvalue weighted by molar-refractivity contribution is 6.02. The van der Waals surface area contributed by atoms with E-state index in [9.17, 15) is 10.2 Å². The van der Waals surface area contributed by atoms with Crippen LogP contribution in [0, 0.1) is 23.0 Å². The number of aromatic hydroxyl groups is 1. The van der Waals surface area contributed by atoms with Crippen molar-refractivity contribution in [1.29, 1.82) is 0 Å². The van der Waals surface area contributed by atoms with Crippen LogP contribution in [0.5, 0.6) is 17.6 Å². The largest absolute Gasteiger partial charge is 0.508 e. The number of hydrogen-bond acceptors (Lipinski definition) is 11. The summed E-state index contributed by atoms with van der Waals surface area (Å²) in [6.07, 6.45) is 6.40. The Morgan fingerprint density at radius 3 is 2.71 bits per heavy atom. The predicted molar refractivity (Wildman–Crippen MR) is 187 cm³/mol. The van der Waals surface area contributed by atoms with Gasteiger partial charge in [-0.15, -0.1) is 0 Å². The monoisotopic (exact) mass is 705 g/mol. The van der Waals surface area contributed by atoms with E-state index in [0.29, 0.717) is 37.1 Å². The van der Waals surface area contributed by atoms with Crippen molar-refractivity contribution in [2.45, 2.75) is 57.1 Å². The van der Waals surface area contributed by atoms with Gasteiger partial charge >= 0.3 is 6.01 Å². The molecular formula is C38H45F2N5O6. The summed E-state index contributed by atoms with van der Waals surface area (Å²) in [6.45, 7) is 6.67. The minimum absolute atomic E-state index is 0.00583. The highest BCUT2D eigenvalue weighted by Crippen LogP contribution is 2.49. The molecule has 2 N–H and O–H groups in total. The molecule has 1 aliphatic carbocycles. The number of anilines is 1. The van der Waals surface area contributed by atoms with E-state index in [0.717, 1.165) is 64.8 Å². The summed E-state index contributed by atoms with van der Waals surface area (Å²) in [6, 6.07) is 7.51. The molecule has 3 saturated heterocycles. The number of phenolic OH excluding ortho intramolecular Hbond substituents is 1. The van der Waals surface area contributed by atoms with Gasteiger partial charge in [0.05, 0.1) is 40.1 Å². The van der Waals surface area contributed by atoms with Crippen LogP contribution in [0.3, 0.4) is 0 Å². The summed E-state index contributed by atoms with van der Waals surface area (Å²) in [5.41, 5.74) is -1.62. The SMILES string of the molecule is COc1nc(-c2cc(O)cc3cccc(F)c23)c(F)c2nc(OC[C@]34CCCC3N(CC3CCOC3)CCC4)nc(N3CCOC[C@@](C)(O)C3)c12. The first-order valence-corrected chi connectivity index (χ1v) is 18.0. The Morgan fingerprint density at radius 2 is 1.88 bits per heavy atom. The van der Waals surface area contributed by atoms with Crippen LogP contribution in [0.2, 0.25) is 0 Å². The number of benzene rings is 2. The summed E-state index contributed by atoms with van der Waals surface area (Å²) >= 11 is 0. The highest BCUT2D eigenvalue weighted by Gasteiger charge is 2.49. The van der Waals surface area contributed by atoms with Crippen LogP contribution in [0.4, 0.5) is 14.6 Å². The van der Waals surface area contributed by atoms with Gasteiger partial charge in [0.1, 0.15) is 39.6 Å². The number of halogens is 2. The van der Waals surface area contributed by atoms with Gasteiger partial charge in [-0.25, -0.2) is 13.8 Å². The number of hydrogen-bond donors (Lipinski definition) is 2. The average molecular weight is 706 g/mol. The molecular weight excluding hydrogens is 660 g/mol. The number of fused-ring (bicyclic) bond motifs is 3. The van der Waals surface area contributed by atoms with Crippen molar-refractivity contribution in [3.8, 4) is 28.9 Å². The summed E-state index contributed by atoms with van der Waals surface area (Å²) in [5, 5.41) is 22.4. The average Bonchev–Trinajstić information content (AvgIpc) is 3.75. The first-order chi connectivity index (χ1) is 24.6. The molecule has 0 bridgehead atoms. The van der Waals surface area contributed by atoms with Crippen molar-refractivity contribution in [1.82, 2.24) is 19.9 Å². The second-order valence-electron chi connectivity index (χ2n) is 15.0. The molecule has 11 nitrogen and oxygen atoms in total. The summed E-state index contributed by atoms with van der Waals surface area (Å²) < 4.78 is 56.1. The maximum Gasteiger partial charge on any atom is 0.319 e. The molecule has 272 valence electrons. The number of rotatable bonds is 8. The lowest BCUT2D eigenvalue weighted by Crippen LogP contribution is -2.53. The Hall–Kier alpha value is -3.91. The Labute approximate surface area is 295 Å². The minimum Gasteiger partial charge on any atom is -0.508 e. The van der Waals surface area contributed by atoms with Gasteiger partial charge in [0, 0.05) is 42.1 Å². The van der Waals surface area contributed by atoms with Crippen LogP contribution in [0.1, 0.15) is 45.4 Å². The lowest BCUT2D eigenvalue weighted by atomic mass is 9.75. The standard InChI is InChI=1S/C38H45F2N5O6/c1-37(47)20-45(13-15-50-21-37)34-30-33(31(40)32(41-35(30)48-2)26-17-25(46)16-24-6-3-7-27(39)29(24)26)42-36(43-34)51-22-38-10-4-8-28(38)44(12-5-11-38)18-23-9-14-49-19-23/h3,6-7,16-17,23,28,46-47H,4-5,8-15,18-22H2,1-2H3/t23?,28?,37-,38+/m0/s1. The third kappa shape index (κ3) is 6.42. The molecule has 2 aromatic heterocycles. The minimum atomic E-state index is -1.22. The Balaban J connectivity index is 1.24. The number of aliphatic hydroxyl groups is 1. The molecule has 4 fully saturated rings. The topological polar surface area (TPSA) is 123 Å². The van der Waals surface area contributed by atoms with Crippen LogP contribution in [-0.2, 0) is 9.47 Å². The number of ether oxygens (including phenoxy) is 4. The number of phenols is 1. The van der Waals surface area contributed by atoms with Gasteiger partial charge in [-0.1, -0.05) is 18.6 Å². The zero-order valence-electron chi connectivity index (χ0n) is 29.2. The van der Waals surface area contributed by atoms with Crippen molar-refractivity contribution < 1.29 is 37.9 Å². The highest BCUT2D eigenvalue weighted by atomic mass is 19.1. The van der Waals surface area contributed by atoms with Crippen molar-refractivity contribution >= 4 is 27.5 Å². The fraction of sp³-hybridized carbons (Fsp3) is 0.553. The Bertz CT molecular complexity index is 1940. The summed E-state index contributed by atoms with van der Waals surface area (Å²) in [4.78, 5) is 18.5. The molecule has 2 unspecified atom stereocenters. The van der Waals surface area contributed by atoms with Crippen molar-refractivity contribution in [2.24, 2.45) is 11.3 Å². The van der Waals surface area contributed by atoms with E-state index in [-0.39, 0.29) is 69.6 Å². The van der Waals surface area contributed by atoms with Gasteiger partial charge in [0.15, 0.2) is 5.82 Å². The quantitative estimate of drug-likeness (QED) is 0.243. The molecule has 5 heterocycles. The molecule has 51 heavy (non-hydrogen) atoms. The number of nitrogens with zero attached hydrogens (tertiary/aromatic N) is 5. The van der Waals surface area contributed by atoms with E-state index in [1.54, 1.807) is 13.0 Å². The molecule has 4 aliphatic rings. The van der Waals surface area contributed by atoms with E-state index >= 15 is 8.78 Å². The molecule has 1 saturated carbocycles. The number of likely N-dealkylation sites (tertiary alicyclic amines) is 1. The number of methoxy groups -OCH3 is 1. The molecule has 2 aromatic carbocycles. The van der Waals surface area contributed by atoms with Crippen molar-refractivity contribution in [3.05, 3.63) is 42.0 Å². The Morgan fingerprint density at radius 1 is 1.02 bits per heavy atom. The molecule has 8 rings (SSSR count). The zero-order valence-corrected chi connectivity index (χ0v) is 29.2. The summed E-state index contributed by atoms with van der Waals surface area (Å²) in [5.74, 6) is -0.763. The second-order valence-corrected chi connectivity index (χ2v) is 15.0. The van der Waals surface area contributed by atoms with Crippen molar-refractivity contribution in [2.75, 3.05) is 71.2 Å². The van der Waals surface area contributed by atoms with E-state index in [1.165, 1.54) is 31.4 Å². The fourth-order valence-electron chi connectivity index (χ4n) is 8.96. The first kappa shape index (κ1) is 34.2. The maximum atomic E-state index is 17.1. The van der Waals surface area contributed by atoms with Crippen LogP contribution < -0.4 is 14.4 Å². The van der Waals surface area contributed by atoms with E-state index in [4.69, 9.17) is 23.9 Å². The predicted octanol–water partition coefficient (Wildman–Crippen LogP) is 5.48. The smallest absolute Gasteiger partial charge is 0.319 e. The van der Waals surface area contributed by atoms with E-state index < -0.39 is 17.2 Å². The first-order valence-electron chi connectivity index (χ1n) is 18.0. The fourth-order valence-corrected chi connectivity index (χ4v) is 8.96.